The number of nitrogens with one attached hydrogen (secondary N) is 1. The van der Waals surface area contributed by atoms with Gasteiger partial charge in [-0.25, -0.2) is 0 Å². The van der Waals surface area contributed by atoms with Crippen LogP contribution in [-0.4, -0.2) is 120 Å². The number of aromatic hydroxyl groups is 1. The Morgan fingerprint density at radius 2 is 1.57 bits per heavy atom. The van der Waals surface area contributed by atoms with Crippen molar-refractivity contribution in [1.82, 2.24) is 5.32 Å². The van der Waals surface area contributed by atoms with Crippen molar-refractivity contribution in [3.63, 3.8) is 0 Å². The van der Waals surface area contributed by atoms with Crippen molar-refractivity contribution < 1.29 is 73.7 Å². The first-order valence-electron chi connectivity index (χ1n) is 14.4. The van der Waals surface area contributed by atoms with Gasteiger partial charge < -0.3 is 64.9 Å². The first-order chi connectivity index (χ1) is 22.2. The molecule has 0 spiro atoms. The van der Waals surface area contributed by atoms with Gasteiger partial charge in [0.25, 0.3) is 0 Å². The fourth-order valence-corrected chi connectivity index (χ4v) is 5.72. The zero-order chi connectivity index (χ0) is 34.6. The number of aliphatic hydroxyl groups is 6. The van der Waals surface area contributed by atoms with Gasteiger partial charge >= 0.3 is 0 Å². The van der Waals surface area contributed by atoms with E-state index in [1.807, 2.05) is 0 Å². The Kier molecular flexibility index (Phi) is 12.3. The smallest absolute Gasteiger partial charge is 0.247 e. The molecule has 16 nitrogen and oxygen atoms in total. The summed E-state index contributed by atoms with van der Waals surface area (Å²) >= 11 is 0. The van der Waals surface area contributed by atoms with Crippen molar-refractivity contribution in [2.45, 2.75) is 80.9 Å². The number of phenolic OH excluding ortho intramolecular Hbond substituents is 1. The highest BCUT2D eigenvalue weighted by atomic mass is 31.1. The average Bonchev–Trinajstić information content (AvgIpc) is 3.65. The highest BCUT2D eigenvalue weighted by Crippen LogP contribution is 2.35. The third-order valence-electron chi connectivity index (χ3n) is 7.84. The second-order valence-electron chi connectivity index (χ2n) is 11.2. The molecule has 2 aromatic rings. The van der Waals surface area contributed by atoms with Gasteiger partial charge in [0.2, 0.25) is 20.2 Å². The van der Waals surface area contributed by atoms with Gasteiger partial charge in [-0.1, -0.05) is 36.4 Å². The molecule has 3 aliphatic rings. The summed E-state index contributed by atoms with van der Waals surface area (Å²) in [4.78, 5) is 32.8. The van der Waals surface area contributed by atoms with E-state index in [9.17, 15) is 44.8 Å². The van der Waals surface area contributed by atoms with Crippen molar-refractivity contribution >= 4 is 25.8 Å². The Morgan fingerprint density at radius 3 is 2.15 bits per heavy atom. The number of Topliss-reactive ketones (excluding diaryl/α,β-unsaturated/α-hetero) is 1. The van der Waals surface area contributed by atoms with Gasteiger partial charge in [-0.05, 0) is 43.2 Å². The lowest BCUT2D eigenvalue weighted by Gasteiger charge is -2.41. The summed E-state index contributed by atoms with van der Waals surface area (Å²) in [5, 5.41) is 72.9. The fraction of sp³-hybridized carbons (Fsp3) is 0.467. The summed E-state index contributed by atoms with van der Waals surface area (Å²) in [6.07, 6.45) is -10.2. The van der Waals surface area contributed by atoms with Gasteiger partial charge in [-0.2, -0.15) is 0 Å². The molecule has 0 radical (unpaired) electrons. The Labute approximate surface area is 269 Å². The largest absolute Gasteiger partial charge is 0.504 e. The normalized spacial score (nSPS) is 33.2. The molecule has 2 heterocycles. The Bertz CT molecular complexity index is 1460. The Balaban J connectivity index is 0.000000385. The Morgan fingerprint density at radius 1 is 0.936 bits per heavy atom. The van der Waals surface area contributed by atoms with E-state index in [4.69, 9.17) is 28.9 Å². The summed E-state index contributed by atoms with van der Waals surface area (Å²) in [6.45, 7) is 2.52. The van der Waals surface area contributed by atoms with Crippen LogP contribution < -0.4 is 10.1 Å². The number of fused-ring (bicyclic) bond motifs is 1. The molecule has 1 aliphatic carbocycles. The van der Waals surface area contributed by atoms with E-state index >= 15 is 0 Å². The van der Waals surface area contributed by atoms with Crippen molar-refractivity contribution in [3.05, 3.63) is 65.2 Å². The van der Waals surface area contributed by atoms with Crippen LogP contribution in [0.4, 0.5) is 0 Å². The molecule has 258 valence electrons. The van der Waals surface area contributed by atoms with Crippen molar-refractivity contribution in [2.75, 3.05) is 6.79 Å². The molecule has 5 rings (SSSR count). The van der Waals surface area contributed by atoms with Crippen LogP contribution in [0.2, 0.25) is 0 Å². The van der Waals surface area contributed by atoms with Crippen LogP contribution in [0.3, 0.4) is 0 Å². The van der Waals surface area contributed by atoms with Gasteiger partial charge in [-0.3, -0.25) is 14.2 Å². The van der Waals surface area contributed by atoms with E-state index in [-0.39, 0.29) is 23.9 Å². The van der Waals surface area contributed by atoms with Crippen LogP contribution >= 0.6 is 8.03 Å². The molecule has 9 N–H and O–H groups in total. The van der Waals surface area contributed by atoms with Gasteiger partial charge in [0.1, 0.15) is 55.6 Å². The number of carbonyl (C=O) groups is 2. The number of carbonyl (C=O) groups excluding carboxylic acids is 2. The number of ether oxygens (including phenoxy) is 4. The minimum absolute atomic E-state index is 0.0921. The predicted octanol–water partition coefficient (Wildman–Crippen LogP) is -1.32. The Hall–Kier alpha value is -3.25. The summed E-state index contributed by atoms with van der Waals surface area (Å²) < 4.78 is 31.5. The van der Waals surface area contributed by atoms with Gasteiger partial charge in [0.15, 0.2) is 23.1 Å². The van der Waals surface area contributed by atoms with Crippen LogP contribution in [-0.2, 0) is 28.4 Å². The first kappa shape index (κ1) is 36.6. The van der Waals surface area contributed by atoms with Gasteiger partial charge in [0.05, 0.1) is 6.04 Å². The zero-order valence-corrected chi connectivity index (χ0v) is 26.2. The highest BCUT2D eigenvalue weighted by Gasteiger charge is 2.53. The summed E-state index contributed by atoms with van der Waals surface area (Å²) in [5.74, 6) is -2.81. The van der Waals surface area contributed by atoms with E-state index in [0.717, 1.165) is 0 Å². The molecule has 2 saturated heterocycles. The predicted molar refractivity (Wildman–Crippen MR) is 161 cm³/mol. The molecule has 2 aliphatic heterocycles. The molecule has 1 saturated carbocycles. The highest BCUT2D eigenvalue weighted by molar-refractivity contribution is 7.38. The number of phenols is 1. The van der Waals surface area contributed by atoms with E-state index in [1.54, 1.807) is 30.3 Å². The first-order valence-corrected chi connectivity index (χ1v) is 15.9. The average molecular weight is 684 g/mol. The quantitative estimate of drug-likeness (QED) is 0.115. The molecular weight excluding hydrogens is 645 g/mol. The van der Waals surface area contributed by atoms with E-state index in [2.05, 4.69) is 5.32 Å². The van der Waals surface area contributed by atoms with Crippen LogP contribution in [0, 0.1) is 0 Å². The molecule has 47 heavy (non-hydrogen) atoms. The lowest BCUT2D eigenvalue weighted by Crippen LogP contribution is -2.67. The second kappa shape index (κ2) is 15.8. The molecule has 1 amide bonds. The van der Waals surface area contributed by atoms with Crippen LogP contribution in [0.5, 0.6) is 11.5 Å². The monoisotopic (exact) mass is 683 g/mol. The third kappa shape index (κ3) is 8.43. The third-order valence-corrected chi connectivity index (χ3v) is 8.64. The number of rotatable bonds is 8. The maximum Gasteiger partial charge on any atom is 0.247 e. The van der Waals surface area contributed by atoms with Crippen molar-refractivity contribution in [3.8, 4) is 11.5 Å². The molecule has 0 bridgehead atoms. The number of amides is 1. The number of benzene rings is 2. The zero-order valence-electron chi connectivity index (χ0n) is 25.2. The van der Waals surface area contributed by atoms with Crippen LogP contribution in [0.1, 0.15) is 30.8 Å². The topological polar surface area (TPSA) is 262 Å². The molecule has 3 fully saturated rings. The minimum Gasteiger partial charge on any atom is -0.504 e. The van der Waals surface area contributed by atoms with Crippen molar-refractivity contribution in [1.29, 1.82) is 0 Å². The fourth-order valence-electron chi connectivity index (χ4n) is 5.24. The van der Waals surface area contributed by atoms with Crippen LogP contribution in [0.15, 0.2) is 54.1 Å². The van der Waals surface area contributed by atoms with Gasteiger partial charge in [0, 0.05) is 5.57 Å². The van der Waals surface area contributed by atoms with E-state index < -0.39 is 86.7 Å². The molecular formula is C30H38NO15P. The summed E-state index contributed by atoms with van der Waals surface area (Å²) in [5.41, 5.74) is 1.03. The molecule has 2 aromatic carbocycles. The maximum atomic E-state index is 12.7. The summed E-state index contributed by atoms with van der Waals surface area (Å²) in [7, 11) is -2.86. The standard InChI is InChI=1S/C23H29NO12.C7H9O3P/c1-8(22(32)24-13-14(27)16(29)21-20(15(13)28)33-7-34-21)5-10-3-4-12(11(26)6-10)35-23-18(31)17(30)19(36-23)9(2)25;8-7(11(9)10)6-4-2-1-3-5-6/h3-6,13-21,23,26-31H,7H2,1-2H3,(H,24,32);1-5,7-8,11H,(H,9,10)/b8-5+;/t13-,14+,15-,16-,17-,18-,19+,20+,21-,23+;/m0./s1. The minimum atomic E-state index is -2.86. The molecule has 12 atom stereocenters. The van der Waals surface area contributed by atoms with Gasteiger partial charge in [-0.15, -0.1) is 0 Å². The molecule has 2 unspecified atom stereocenters. The maximum absolute atomic E-state index is 12.7. The number of aliphatic hydroxyl groups excluding tert-OH is 6. The lowest BCUT2D eigenvalue weighted by molar-refractivity contribution is -0.155. The van der Waals surface area contributed by atoms with Crippen molar-refractivity contribution in [2.24, 2.45) is 0 Å². The summed E-state index contributed by atoms with van der Waals surface area (Å²) in [6, 6.07) is 11.3. The molecule has 17 heteroatoms. The lowest BCUT2D eigenvalue weighted by atomic mass is 9.83. The number of hydrogen-bond donors (Lipinski definition) is 9. The van der Waals surface area contributed by atoms with E-state index in [1.165, 1.54) is 38.1 Å². The van der Waals surface area contributed by atoms with E-state index in [0.29, 0.717) is 11.1 Å². The number of hydrogen-bond acceptors (Lipinski definition) is 14. The SMILES string of the molecule is CC(=O)[C@H]1O[C@@H](Oc2ccc(/C=C(\C)C(=O)N[C@H]3[C@@H](O)[C@H](O)[C@@H]4OCO[C@@H]4[C@H]3O)cc2O)[C@@H](O)[C@@H]1O.O=[PH](O)C(O)c1ccccc1. The van der Waals surface area contributed by atoms with Crippen LogP contribution in [0.25, 0.3) is 6.08 Å². The molecule has 0 aromatic heterocycles. The number of ketones is 1. The second-order valence-corrected chi connectivity index (χ2v) is 12.4.